The Morgan fingerprint density at radius 3 is 2.30 bits per heavy atom. The first kappa shape index (κ1) is 23.0. The zero-order valence-corrected chi connectivity index (χ0v) is 16.1. The highest BCUT2D eigenvalue weighted by molar-refractivity contribution is 6.31. The molecule has 0 saturated carbocycles. The molecule has 0 radical (unpaired) electrons. The molecule has 160 valence electrons. The van der Waals surface area contributed by atoms with E-state index < -0.39 is 24.9 Å². The lowest BCUT2D eigenvalue weighted by atomic mass is 10.1. The van der Waals surface area contributed by atoms with Crippen LogP contribution in [0.25, 0.3) is 6.08 Å². The van der Waals surface area contributed by atoms with Gasteiger partial charge in [-0.25, -0.2) is 0 Å². The van der Waals surface area contributed by atoms with Crippen molar-refractivity contribution in [2.75, 3.05) is 10.6 Å². The molecule has 0 aliphatic rings. The third-order valence-corrected chi connectivity index (χ3v) is 3.63. The molecule has 0 heterocycles. The number of rotatable bonds is 8. The lowest BCUT2D eigenvalue weighted by molar-refractivity contribution is -0.114. The smallest absolute Gasteiger partial charge is 0.387 e. The van der Waals surface area contributed by atoms with Gasteiger partial charge in [0.25, 0.3) is 0 Å². The number of carbonyl (C=O) groups excluding carboxylic acids is 2. The number of hydrogen-bond acceptors (Lipinski definition) is 4. The van der Waals surface area contributed by atoms with Crippen molar-refractivity contribution in [3.8, 4) is 11.5 Å². The molecule has 2 rings (SSSR count). The Bertz CT molecular complexity index is 954. The molecule has 0 saturated heterocycles. The molecular weight excluding hydrogens is 432 g/mol. The van der Waals surface area contributed by atoms with Crippen LogP contribution < -0.4 is 20.1 Å². The van der Waals surface area contributed by atoms with Crippen LogP contribution in [0.2, 0.25) is 5.02 Å². The minimum absolute atomic E-state index is 0.0141. The van der Waals surface area contributed by atoms with Crippen LogP contribution in [0.15, 0.2) is 42.5 Å². The van der Waals surface area contributed by atoms with E-state index in [2.05, 4.69) is 20.1 Å². The summed E-state index contributed by atoms with van der Waals surface area (Å²) in [6.45, 7) is -5.09. The largest absolute Gasteiger partial charge is 0.435 e. The molecule has 2 aromatic carbocycles. The predicted octanol–water partition coefficient (Wildman–Crippen LogP) is 5.15. The van der Waals surface area contributed by atoms with Crippen molar-refractivity contribution < 1.29 is 36.6 Å². The van der Waals surface area contributed by atoms with Gasteiger partial charge in [-0.1, -0.05) is 11.6 Å². The van der Waals surface area contributed by atoms with Crippen molar-refractivity contribution >= 4 is 40.9 Å². The lowest BCUT2D eigenvalue weighted by Crippen LogP contribution is -2.13. The predicted molar refractivity (Wildman–Crippen MR) is 103 cm³/mol. The van der Waals surface area contributed by atoms with E-state index in [1.807, 2.05) is 0 Å². The maximum absolute atomic E-state index is 12.6. The van der Waals surface area contributed by atoms with Gasteiger partial charge in [-0.2, -0.15) is 17.6 Å². The van der Waals surface area contributed by atoms with Gasteiger partial charge in [0.2, 0.25) is 11.8 Å². The molecule has 2 amide bonds. The summed E-state index contributed by atoms with van der Waals surface area (Å²) in [5.41, 5.74) is 0.515. The zero-order valence-electron chi connectivity index (χ0n) is 15.3. The average molecular weight is 447 g/mol. The fourth-order valence-electron chi connectivity index (χ4n) is 2.29. The Balaban J connectivity index is 2.21. The van der Waals surface area contributed by atoms with E-state index in [9.17, 15) is 27.2 Å². The van der Waals surface area contributed by atoms with Gasteiger partial charge in [0.05, 0.1) is 11.4 Å². The van der Waals surface area contributed by atoms with Gasteiger partial charge in [-0.15, -0.1) is 0 Å². The quantitative estimate of drug-likeness (QED) is 0.434. The number of alkyl halides is 4. The summed E-state index contributed by atoms with van der Waals surface area (Å²) in [5, 5.41) is 5.30. The molecule has 2 aromatic rings. The summed E-state index contributed by atoms with van der Waals surface area (Å²) < 4.78 is 58.3. The molecule has 0 fully saturated rings. The minimum atomic E-state index is -3.22. The molecule has 6 nitrogen and oxygen atoms in total. The summed E-state index contributed by atoms with van der Waals surface area (Å²) in [7, 11) is 0. The normalized spacial score (nSPS) is 11.1. The van der Waals surface area contributed by atoms with Gasteiger partial charge in [0.1, 0.15) is 11.5 Å². The van der Waals surface area contributed by atoms with Gasteiger partial charge >= 0.3 is 13.2 Å². The third-order valence-electron chi connectivity index (χ3n) is 3.39. The van der Waals surface area contributed by atoms with Gasteiger partial charge in [0.15, 0.2) is 0 Å². The molecule has 0 unspecified atom stereocenters. The highest BCUT2D eigenvalue weighted by Gasteiger charge is 2.13. The third kappa shape index (κ3) is 7.28. The second kappa shape index (κ2) is 10.5. The number of carbonyl (C=O) groups is 2. The van der Waals surface area contributed by atoms with Crippen molar-refractivity contribution in [3.05, 3.63) is 53.1 Å². The molecule has 30 heavy (non-hydrogen) atoms. The fourth-order valence-corrected chi connectivity index (χ4v) is 2.46. The minimum Gasteiger partial charge on any atom is -0.435 e. The van der Waals surface area contributed by atoms with Crippen LogP contribution in [0.1, 0.15) is 12.5 Å². The molecule has 2 N–H and O–H groups in total. The summed E-state index contributed by atoms with van der Waals surface area (Å²) in [4.78, 5) is 23.5. The van der Waals surface area contributed by atoms with E-state index in [0.717, 1.165) is 24.3 Å². The standard InChI is InChI=1S/C19H15ClF4N2O4/c1-10(27)25-14-6-4-12(20)8-15(14)26-17(28)7-3-11-2-5-13(29-18(21)22)9-16(11)30-19(23)24/h2-9,18-19H,1H3,(H,25,27)(H,26,28)/b7-3+. The Morgan fingerprint density at radius 2 is 1.67 bits per heavy atom. The maximum Gasteiger partial charge on any atom is 0.387 e. The summed E-state index contributed by atoms with van der Waals surface area (Å²) >= 11 is 5.89. The van der Waals surface area contributed by atoms with E-state index in [1.165, 1.54) is 31.2 Å². The van der Waals surface area contributed by atoms with Gasteiger partial charge < -0.3 is 20.1 Å². The van der Waals surface area contributed by atoms with Gasteiger partial charge in [-0.3, -0.25) is 9.59 Å². The molecular formula is C19H15ClF4N2O4. The number of anilines is 2. The van der Waals surface area contributed by atoms with Crippen LogP contribution in [-0.2, 0) is 9.59 Å². The first-order valence-corrected chi connectivity index (χ1v) is 8.61. The Hall–Kier alpha value is -3.27. The molecule has 11 heteroatoms. The molecule has 0 bridgehead atoms. The number of ether oxygens (including phenoxy) is 2. The highest BCUT2D eigenvalue weighted by Crippen LogP contribution is 2.29. The number of nitrogens with one attached hydrogen (secondary N) is 2. The number of hydrogen-bond donors (Lipinski definition) is 2. The Labute approximate surface area is 173 Å². The van der Waals surface area contributed by atoms with Crippen molar-refractivity contribution in [3.63, 3.8) is 0 Å². The Morgan fingerprint density at radius 1 is 0.967 bits per heavy atom. The van der Waals surface area contributed by atoms with Gasteiger partial charge in [-0.05, 0) is 36.4 Å². The molecule has 0 aromatic heterocycles. The molecule has 0 atom stereocenters. The second-order valence-electron chi connectivity index (χ2n) is 5.65. The first-order valence-electron chi connectivity index (χ1n) is 8.24. The molecule has 0 spiro atoms. The second-order valence-corrected chi connectivity index (χ2v) is 6.09. The van der Waals surface area contributed by atoms with Crippen LogP contribution >= 0.6 is 11.6 Å². The summed E-state index contributed by atoms with van der Waals surface area (Å²) in [6, 6.07) is 7.52. The average Bonchev–Trinajstić information content (AvgIpc) is 2.62. The van der Waals surface area contributed by atoms with E-state index >= 15 is 0 Å². The number of halogens is 5. The monoisotopic (exact) mass is 446 g/mol. The SMILES string of the molecule is CC(=O)Nc1ccc(Cl)cc1NC(=O)/C=C/c1ccc(OC(F)F)cc1OC(F)F. The van der Waals surface area contributed by atoms with E-state index in [-0.39, 0.29) is 22.9 Å². The topological polar surface area (TPSA) is 76.7 Å². The first-order chi connectivity index (χ1) is 14.1. The van der Waals surface area contributed by atoms with Crippen LogP contribution in [-0.4, -0.2) is 25.0 Å². The molecule has 0 aliphatic heterocycles. The van der Waals surface area contributed by atoms with Crippen molar-refractivity contribution in [1.29, 1.82) is 0 Å². The van der Waals surface area contributed by atoms with E-state index in [1.54, 1.807) is 0 Å². The summed E-state index contributed by atoms with van der Waals surface area (Å²) in [5.74, 6) is -1.90. The van der Waals surface area contributed by atoms with Crippen molar-refractivity contribution in [2.24, 2.45) is 0 Å². The lowest BCUT2D eigenvalue weighted by Gasteiger charge is -2.12. The summed E-state index contributed by atoms with van der Waals surface area (Å²) in [6.07, 6.45) is 2.14. The van der Waals surface area contributed by atoms with Crippen LogP contribution in [0.3, 0.4) is 0 Å². The van der Waals surface area contributed by atoms with Crippen molar-refractivity contribution in [1.82, 2.24) is 0 Å². The molecule has 0 aliphatic carbocycles. The zero-order chi connectivity index (χ0) is 22.3. The van der Waals surface area contributed by atoms with Crippen LogP contribution in [0, 0.1) is 0 Å². The van der Waals surface area contributed by atoms with Gasteiger partial charge in [0, 0.05) is 29.7 Å². The van der Waals surface area contributed by atoms with Crippen LogP contribution in [0.5, 0.6) is 11.5 Å². The van der Waals surface area contributed by atoms with E-state index in [4.69, 9.17) is 11.6 Å². The van der Waals surface area contributed by atoms with Crippen LogP contribution in [0.4, 0.5) is 28.9 Å². The highest BCUT2D eigenvalue weighted by atomic mass is 35.5. The number of benzene rings is 2. The maximum atomic E-state index is 12.6. The fraction of sp³-hybridized carbons (Fsp3) is 0.158. The van der Waals surface area contributed by atoms with Crippen molar-refractivity contribution in [2.45, 2.75) is 20.1 Å². The Kier molecular flexibility index (Phi) is 8.05. The van der Waals surface area contributed by atoms with E-state index in [0.29, 0.717) is 10.7 Å². The number of amides is 2.